The van der Waals surface area contributed by atoms with Crippen molar-refractivity contribution in [2.75, 3.05) is 5.73 Å². The van der Waals surface area contributed by atoms with Crippen LogP contribution in [-0.2, 0) is 17.8 Å². The van der Waals surface area contributed by atoms with Crippen LogP contribution in [0.2, 0.25) is 0 Å². The molecule has 0 amide bonds. The Kier molecular flexibility index (Phi) is 4.23. The fourth-order valence-corrected chi connectivity index (χ4v) is 4.43. The number of Topliss-reactive ketones (excluding diaryl/α,β-unsaturated/α-hetero) is 1. The van der Waals surface area contributed by atoms with Gasteiger partial charge in [0.15, 0.2) is 5.78 Å². The average Bonchev–Trinajstić information content (AvgIpc) is 2.94. The summed E-state index contributed by atoms with van der Waals surface area (Å²) in [4.78, 5) is 30.7. The minimum atomic E-state index is -0.469. The molecule has 2 aromatic heterocycles. The van der Waals surface area contributed by atoms with Gasteiger partial charge in [0, 0.05) is 17.4 Å². The molecule has 2 N–H and O–H groups in total. The van der Waals surface area contributed by atoms with Crippen molar-refractivity contribution in [1.82, 2.24) is 4.98 Å². The maximum Gasteiger partial charge on any atom is 0.350 e. The molecule has 2 heterocycles. The molecule has 1 aliphatic carbocycles. The van der Waals surface area contributed by atoms with Gasteiger partial charge in [-0.15, -0.1) is 11.3 Å². The molecular formula is C21H20N2O3S. The molecule has 0 saturated heterocycles. The van der Waals surface area contributed by atoms with E-state index in [1.165, 1.54) is 11.3 Å². The topological polar surface area (TPSA) is 82.3 Å². The number of carbonyl (C=O) groups excluding carboxylic acids is 2. The molecule has 0 unspecified atom stereocenters. The zero-order valence-electron chi connectivity index (χ0n) is 15.2. The Balaban J connectivity index is 1.66. The molecule has 0 bridgehead atoms. The van der Waals surface area contributed by atoms with Crippen LogP contribution in [0.4, 0.5) is 5.69 Å². The molecular weight excluding hydrogens is 360 g/mol. The lowest BCUT2D eigenvalue weighted by Crippen LogP contribution is -2.27. The molecule has 0 fully saturated rings. The van der Waals surface area contributed by atoms with E-state index in [1.807, 2.05) is 30.3 Å². The van der Waals surface area contributed by atoms with E-state index in [4.69, 9.17) is 10.5 Å². The van der Waals surface area contributed by atoms with Crippen LogP contribution < -0.4 is 5.73 Å². The van der Waals surface area contributed by atoms with Gasteiger partial charge in [-0.3, -0.25) is 4.79 Å². The molecule has 3 aromatic rings. The van der Waals surface area contributed by atoms with Crippen molar-refractivity contribution in [2.24, 2.45) is 5.41 Å². The summed E-state index contributed by atoms with van der Waals surface area (Å²) in [6.45, 7) is 4.31. The molecule has 1 aromatic carbocycles. The molecule has 5 nitrogen and oxygen atoms in total. The first-order valence-electron chi connectivity index (χ1n) is 8.80. The number of carbonyl (C=O) groups is 2. The number of hydrogen-bond acceptors (Lipinski definition) is 6. The molecule has 0 saturated carbocycles. The van der Waals surface area contributed by atoms with Crippen LogP contribution in [0.3, 0.4) is 0 Å². The van der Waals surface area contributed by atoms with E-state index >= 15 is 0 Å². The molecule has 27 heavy (non-hydrogen) atoms. The normalized spacial score (nSPS) is 15.6. The van der Waals surface area contributed by atoms with Gasteiger partial charge in [0.05, 0.1) is 11.4 Å². The Labute approximate surface area is 161 Å². The second-order valence-electron chi connectivity index (χ2n) is 7.68. The minimum absolute atomic E-state index is 0.0782. The third-order valence-corrected chi connectivity index (χ3v) is 5.88. The van der Waals surface area contributed by atoms with Gasteiger partial charge in [0.1, 0.15) is 16.3 Å². The number of pyridine rings is 1. The molecule has 6 heteroatoms. The summed E-state index contributed by atoms with van der Waals surface area (Å²) < 4.78 is 5.40. The predicted octanol–water partition coefficient (Wildman–Crippen LogP) is 4.39. The zero-order chi connectivity index (χ0) is 19.2. The summed E-state index contributed by atoms with van der Waals surface area (Å²) >= 11 is 1.22. The van der Waals surface area contributed by atoms with Gasteiger partial charge in [0.25, 0.3) is 0 Å². The predicted molar refractivity (Wildman–Crippen MR) is 106 cm³/mol. The number of aromatic nitrogens is 1. The standard InChI is InChI=1S/C21H20N2O3S/c1-21(2)9-15-13(16(24)10-21)8-14-17(22)18(27-19(14)23-15)20(25)26-11-12-6-4-3-5-7-12/h3-8H,9-11,22H2,1-2H3. The van der Waals surface area contributed by atoms with Crippen LogP contribution in [0.15, 0.2) is 36.4 Å². The van der Waals surface area contributed by atoms with Crippen LogP contribution in [0.25, 0.3) is 10.2 Å². The summed E-state index contributed by atoms with van der Waals surface area (Å²) in [6.07, 6.45) is 1.22. The molecule has 138 valence electrons. The number of ether oxygens (including phenoxy) is 1. The van der Waals surface area contributed by atoms with Crippen molar-refractivity contribution in [3.05, 3.63) is 58.1 Å². The highest BCUT2D eigenvalue weighted by molar-refractivity contribution is 7.21. The smallest absolute Gasteiger partial charge is 0.350 e. The second kappa shape index (κ2) is 6.46. The number of anilines is 1. The quantitative estimate of drug-likeness (QED) is 0.682. The third-order valence-electron chi connectivity index (χ3n) is 4.78. The summed E-state index contributed by atoms with van der Waals surface area (Å²) in [7, 11) is 0. The molecule has 1 aliphatic rings. The first-order chi connectivity index (χ1) is 12.8. The van der Waals surface area contributed by atoms with Crippen molar-refractivity contribution >= 4 is 39.0 Å². The number of esters is 1. The number of nitrogens with two attached hydrogens (primary N) is 1. The van der Waals surface area contributed by atoms with Crippen LogP contribution >= 0.6 is 11.3 Å². The van der Waals surface area contributed by atoms with E-state index in [0.717, 1.165) is 17.7 Å². The van der Waals surface area contributed by atoms with Crippen molar-refractivity contribution in [1.29, 1.82) is 0 Å². The van der Waals surface area contributed by atoms with E-state index in [1.54, 1.807) is 6.07 Å². The van der Waals surface area contributed by atoms with Crippen molar-refractivity contribution in [3.63, 3.8) is 0 Å². The summed E-state index contributed by atoms with van der Waals surface area (Å²) in [5.74, 6) is -0.390. The number of nitrogen functional groups attached to an aromatic ring is 1. The largest absolute Gasteiger partial charge is 0.457 e. The lowest BCUT2D eigenvalue weighted by Gasteiger charge is -2.29. The van der Waals surface area contributed by atoms with Gasteiger partial charge in [-0.1, -0.05) is 44.2 Å². The maximum atomic E-state index is 12.5. The Hall–Kier alpha value is -2.73. The first kappa shape index (κ1) is 17.7. The SMILES string of the molecule is CC1(C)CC(=O)c2cc3c(N)c(C(=O)OCc4ccccc4)sc3nc2C1. The number of fused-ring (bicyclic) bond motifs is 2. The first-order valence-corrected chi connectivity index (χ1v) is 9.62. The van der Waals surface area contributed by atoms with Crippen LogP contribution in [0.5, 0.6) is 0 Å². The molecule has 0 radical (unpaired) electrons. The zero-order valence-corrected chi connectivity index (χ0v) is 16.1. The van der Waals surface area contributed by atoms with E-state index in [2.05, 4.69) is 18.8 Å². The fraction of sp³-hybridized carbons (Fsp3) is 0.286. The van der Waals surface area contributed by atoms with Crippen molar-refractivity contribution < 1.29 is 14.3 Å². The number of ketones is 1. The lowest BCUT2D eigenvalue weighted by atomic mass is 9.75. The van der Waals surface area contributed by atoms with Gasteiger partial charge in [-0.05, 0) is 23.5 Å². The highest BCUT2D eigenvalue weighted by Crippen LogP contribution is 2.39. The molecule has 4 rings (SSSR count). The molecule has 0 aliphatic heterocycles. The third kappa shape index (κ3) is 3.32. The average molecular weight is 380 g/mol. The number of benzene rings is 1. The van der Waals surface area contributed by atoms with Gasteiger partial charge < -0.3 is 10.5 Å². The number of nitrogens with zero attached hydrogens (tertiary/aromatic N) is 1. The van der Waals surface area contributed by atoms with Gasteiger partial charge in [-0.25, -0.2) is 9.78 Å². The monoisotopic (exact) mass is 380 g/mol. The minimum Gasteiger partial charge on any atom is -0.457 e. The number of thiophene rings is 1. The lowest BCUT2D eigenvalue weighted by molar-refractivity contribution is 0.0479. The van der Waals surface area contributed by atoms with Gasteiger partial charge >= 0.3 is 5.97 Å². The van der Waals surface area contributed by atoms with Crippen LogP contribution in [0.1, 0.15) is 51.6 Å². The van der Waals surface area contributed by atoms with E-state index in [9.17, 15) is 9.59 Å². The Morgan fingerprint density at radius 2 is 2.00 bits per heavy atom. The van der Waals surface area contributed by atoms with Crippen molar-refractivity contribution in [2.45, 2.75) is 33.3 Å². The molecule has 0 atom stereocenters. The Morgan fingerprint density at radius 1 is 1.26 bits per heavy atom. The fourth-order valence-electron chi connectivity index (χ4n) is 3.44. The van der Waals surface area contributed by atoms with E-state index in [0.29, 0.717) is 32.8 Å². The van der Waals surface area contributed by atoms with Crippen LogP contribution in [-0.4, -0.2) is 16.7 Å². The van der Waals surface area contributed by atoms with Crippen molar-refractivity contribution in [3.8, 4) is 0 Å². The molecule has 0 spiro atoms. The maximum absolute atomic E-state index is 12.5. The van der Waals surface area contributed by atoms with E-state index < -0.39 is 5.97 Å². The van der Waals surface area contributed by atoms with Crippen LogP contribution in [0, 0.1) is 5.41 Å². The van der Waals surface area contributed by atoms with Gasteiger partial charge in [-0.2, -0.15) is 0 Å². The summed E-state index contributed by atoms with van der Waals surface area (Å²) in [6, 6.07) is 11.3. The van der Waals surface area contributed by atoms with Gasteiger partial charge in [0.2, 0.25) is 0 Å². The highest BCUT2D eigenvalue weighted by atomic mass is 32.1. The van der Waals surface area contributed by atoms with E-state index in [-0.39, 0.29) is 17.8 Å². The summed E-state index contributed by atoms with van der Waals surface area (Å²) in [5.41, 5.74) is 8.74. The summed E-state index contributed by atoms with van der Waals surface area (Å²) in [5, 5.41) is 0.651. The number of rotatable bonds is 3. The highest BCUT2D eigenvalue weighted by Gasteiger charge is 2.33. The Morgan fingerprint density at radius 3 is 2.74 bits per heavy atom. The number of hydrogen-bond donors (Lipinski definition) is 1. The Bertz CT molecular complexity index is 1050. The second-order valence-corrected chi connectivity index (χ2v) is 8.68.